The van der Waals surface area contributed by atoms with Crippen LogP contribution in [0.25, 0.3) is 17.2 Å². The predicted octanol–water partition coefficient (Wildman–Crippen LogP) is 5.46. The van der Waals surface area contributed by atoms with Gasteiger partial charge >= 0.3 is 0 Å². The maximum atomic E-state index is 12.8. The van der Waals surface area contributed by atoms with Crippen molar-refractivity contribution < 1.29 is 4.79 Å². The zero-order chi connectivity index (χ0) is 21.1. The van der Waals surface area contributed by atoms with Gasteiger partial charge in [0.25, 0.3) is 5.91 Å². The first-order valence-corrected chi connectivity index (χ1v) is 11.9. The maximum absolute atomic E-state index is 12.8. The molecule has 1 aromatic carbocycles. The second kappa shape index (κ2) is 9.57. The van der Waals surface area contributed by atoms with Crippen molar-refractivity contribution in [2.24, 2.45) is 0 Å². The van der Waals surface area contributed by atoms with Crippen molar-refractivity contribution in [3.63, 3.8) is 0 Å². The number of halogens is 2. The fraction of sp³-hybridized carbons (Fsp3) is 0.211. The molecule has 2 aromatic heterocycles. The van der Waals surface area contributed by atoms with Crippen LogP contribution in [-0.2, 0) is 11.2 Å². The Balaban J connectivity index is 1.39. The number of amides is 1. The Morgan fingerprint density at radius 2 is 2.03 bits per heavy atom. The molecule has 6 nitrogen and oxygen atoms in total. The fourth-order valence-electron chi connectivity index (χ4n) is 2.92. The number of benzene rings is 1. The molecule has 0 radical (unpaired) electrons. The Morgan fingerprint density at radius 3 is 2.80 bits per heavy atom. The molecule has 0 atom stereocenters. The summed E-state index contributed by atoms with van der Waals surface area (Å²) in [5, 5.41) is 16.9. The summed E-state index contributed by atoms with van der Waals surface area (Å²) in [4.78, 5) is 16.1. The number of hydrogen-bond acceptors (Lipinski definition) is 7. The number of carbonyl (C=O) groups excluding carboxylic acids is 1. The lowest BCUT2D eigenvalue weighted by Crippen LogP contribution is -2.29. The molecule has 1 N–H and O–H groups in total. The summed E-state index contributed by atoms with van der Waals surface area (Å²) in [5.41, 5.74) is 2.01. The summed E-state index contributed by atoms with van der Waals surface area (Å²) in [6.07, 6.45) is 4.28. The highest BCUT2D eigenvalue weighted by Crippen LogP contribution is 2.36. The van der Waals surface area contributed by atoms with Gasteiger partial charge in [0.2, 0.25) is 0 Å². The lowest BCUT2D eigenvalue weighted by atomic mass is 10.1. The topological polar surface area (TPSA) is 74.8 Å². The number of hydrogen-bond donors (Lipinski definition) is 1. The van der Waals surface area contributed by atoms with Gasteiger partial charge in [0.15, 0.2) is 5.82 Å². The van der Waals surface area contributed by atoms with E-state index in [0.717, 1.165) is 28.8 Å². The van der Waals surface area contributed by atoms with Gasteiger partial charge in [-0.15, -0.1) is 21.5 Å². The largest absolute Gasteiger partial charge is 0.293 e. The van der Waals surface area contributed by atoms with Crippen molar-refractivity contribution in [3.05, 3.63) is 55.3 Å². The number of tetrazole rings is 1. The van der Waals surface area contributed by atoms with Crippen LogP contribution in [0.15, 0.2) is 34.6 Å². The average Bonchev–Trinajstić information content (AvgIpc) is 3.45. The number of aromatic amines is 1. The standard InChI is InChI=1S/C19H15Cl2N5OS3/c20-14-5-4-11(8-15(14)21)12-7-13(29-10-12)9-16-18(27)26(19(28)30-16)6-2-1-3-17-22-24-25-23-17/h4-5,7-10H,1-3,6H2,(H,22,23,24,25). The molecular weight excluding hydrogens is 481 g/mol. The van der Waals surface area contributed by atoms with E-state index >= 15 is 0 Å². The Kier molecular flexibility index (Phi) is 6.84. The molecule has 0 aliphatic carbocycles. The highest BCUT2D eigenvalue weighted by molar-refractivity contribution is 8.26. The number of aryl methyl sites for hydroxylation is 1. The zero-order valence-electron chi connectivity index (χ0n) is 15.5. The molecule has 4 rings (SSSR count). The number of unbranched alkanes of at least 4 members (excludes halogenated alkanes) is 1. The SMILES string of the molecule is O=C1C(=Cc2cc(-c3ccc(Cl)c(Cl)c3)cs2)SC(=S)N1CCCCc1nn[nH]n1. The first-order chi connectivity index (χ1) is 14.5. The van der Waals surface area contributed by atoms with Crippen LogP contribution in [0.4, 0.5) is 0 Å². The molecule has 0 unspecified atom stereocenters. The van der Waals surface area contributed by atoms with E-state index < -0.39 is 0 Å². The third kappa shape index (κ3) is 4.92. The van der Waals surface area contributed by atoms with Crippen molar-refractivity contribution in [2.75, 3.05) is 6.54 Å². The summed E-state index contributed by atoms with van der Waals surface area (Å²) in [7, 11) is 0. The van der Waals surface area contributed by atoms with Crippen molar-refractivity contribution in [1.29, 1.82) is 0 Å². The Labute approximate surface area is 196 Å². The number of thiocarbonyl (C=S) groups is 1. The summed E-state index contributed by atoms with van der Waals surface area (Å²) in [6, 6.07) is 7.57. The molecule has 1 saturated heterocycles. The maximum Gasteiger partial charge on any atom is 0.266 e. The number of nitrogens with zero attached hydrogens (tertiary/aromatic N) is 4. The van der Waals surface area contributed by atoms with Crippen molar-refractivity contribution in [3.8, 4) is 11.1 Å². The van der Waals surface area contributed by atoms with Gasteiger partial charge in [-0.05, 0) is 53.6 Å². The normalized spacial score (nSPS) is 15.5. The summed E-state index contributed by atoms with van der Waals surface area (Å²) in [6.45, 7) is 0.582. The molecule has 1 aliphatic rings. The monoisotopic (exact) mass is 495 g/mol. The first-order valence-electron chi connectivity index (χ1n) is 9.03. The molecule has 0 bridgehead atoms. The number of thioether (sulfide) groups is 1. The second-order valence-corrected chi connectivity index (χ2v) is 9.92. The van der Waals surface area contributed by atoms with Crippen molar-refractivity contribution in [2.45, 2.75) is 19.3 Å². The van der Waals surface area contributed by atoms with E-state index in [0.29, 0.717) is 38.1 Å². The van der Waals surface area contributed by atoms with Crippen LogP contribution in [0.3, 0.4) is 0 Å². The van der Waals surface area contributed by atoms with E-state index in [-0.39, 0.29) is 5.91 Å². The minimum absolute atomic E-state index is 0.0472. The van der Waals surface area contributed by atoms with Crippen molar-refractivity contribution >= 4 is 74.8 Å². The number of nitrogens with one attached hydrogen (secondary N) is 1. The van der Waals surface area contributed by atoms with E-state index in [4.69, 9.17) is 35.4 Å². The lowest BCUT2D eigenvalue weighted by Gasteiger charge is -2.13. The van der Waals surface area contributed by atoms with Crippen LogP contribution < -0.4 is 0 Å². The average molecular weight is 496 g/mol. The molecule has 0 spiro atoms. The molecule has 154 valence electrons. The summed E-state index contributed by atoms with van der Waals surface area (Å²) in [5.74, 6) is 0.629. The quantitative estimate of drug-likeness (QED) is 0.266. The molecule has 1 aliphatic heterocycles. The van der Waals surface area contributed by atoms with Crippen LogP contribution in [0.5, 0.6) is 0 Å². The van der Waals surface area contributed by atoms with E-state index in [9.17, 15) is 4.79 Å². The minimum Gasteiger partial charge on any atom is -0.293 e. The van der Waals surface area contributed by atoms with Gasteiger partial charge in [0.05, 0.1) is 15.0 Å². The molecule has 30 heavy (non-hydrogen) atoms. The summed E-state index contributed by atoms with van der Waals surface area (Å²) >= 11 is 20.4. The van der Waals surface area contributed by atoms with E-state index in [1.165, 1.54) is 11.8 Å². The van der Waals surface area contributed by atoms with Crippen molar-refractivity contribution in [1.82, 2.24) is 25.5 Å². The molecule has 1 amide bonds. The van der Waals surface area contributed by atoms with E-state index in [1.807, 2.05) is 29.7 Å². The molecule has 11 heteroatoms. The van der Waals surface area contributed by atoms with Gasteiger partial charge in [-0.25, -0.2) is 0 Å². The molecule has 0 saturated carbocycles. The third-order valence-corrected chi connectivity index (χ3v) is 7.44. The van der Waals surface area contributed by atoms with Crippen LogP contribution in [0.1, 0.15) is 23.5 Å². The molecular formula is C19H15Cl2N5OS3. The number of aromatic nitrogens is 4. The van der Waals surface area contributed by atoms with E-state index in [2.05, 4.69) is 20.6 Å². The van der Waals surface area contributed by atoms with Crippen LogP contribution >= 0.6 is 58.5 Å². The fourth-order valence-corrected chi connectivity index (χ4v) is 5.44. The molecule has 3 heterocycles. The van der Waals surface area contributed by atoms with Crippen LogP contribution in [0.2, 0.25) is 10.0 Å². The number of carbonyl (C=O) groups is 1. The lowest BCUT2D eigenvalue weighted by molar-refractivity contribution is -0.122. The Bertz CT molecular complexity index is 1110. The van der Waals surface area contributed by atoms with Gasteiger partial charge in [-0.3, -0.25) is 9.69 Å². The van der Waals surface area contributed by atoms with Crippen LogP contribution in [0, 0.1) is 0 Å². The predicted molar refractivity (Wildman–Crippen MR) is 127 cm³/mol. The highest BCUT2D eigenvalue weighted by Gasteiger charge is 2.31. The van der Waals surface area contributed by atoms with E-state index in [1.54, 1.807) is 22.3 Å². The van der Waals surface area contributed by atoms with Gasteiger partial charge < -0.3 is 0 Å². The number of rotatable bonds is 7. The number of thiophene rings is 1. The molecule has 3 aromatic rings. The zero-order valence-corrected chi connectivity index (χ0v) is 19.4. The van der Waals surface area contributed by atoms with Crippen LogP contribution in [-0.4, -0.2) is 42.3 Å². The first kappa shape index (κ1) is 21.5. The highest BCUT2D eigenvalue weighted by atomic mass is 35.5. The van der Waals surface area contributed by atoms with Gasteiger partial charge in [-0.2, -0.15) is 5.21 Å². The minimum atomic E-state index is -0.0472. The van der Waals surface area contributed by atoms with Gasteiger partial charge in [0.1, 0.15) is 4.32 Å². The smallest absolute Gasteiger partial charge is 0.266 e. The Morgan fingerprint density at radius 1 is 1.17 bits per heavy atom. The second-order valence-electron chi connectivity index (χ2n) is 6.49. The van der Waals surface area contributed by atoms with Gasteiger partial charge in [0, 0.05) is 17.8 Å². The number of H-pyrrole nitrogens is 1. The third-order valence-electron chi connectivity index (χ3n) is 4.44. The van der Waals surface area contributed by atoms with Gasteiger partial charge in [-0.1, -0.05) is 58.5 Å². The molecule has 1 fully saturated rings. The summed E-state index contributed by atoms with van der Waals surface area (Å²) < 4.78 is 0.590. The Hall–Kier alpha value is -1.78.